The Morgan fingerprint density at radius 2 is 1.77 bits per heavy atom. The van der Waals surface area contributed by atoms with Gasteiger partial charge in [0.15, 0.2) is 0 Å². The maximum atomic E-state index is 5.86. The molecule has 3 heterocycles. The predicted molar refractivity (Wildman–Crippen MR) is 123 cm³/mol. The van der Waals surface area contributed by atoms with Crippen LogP contribution in [0.25, 0.3) is 32.1 Å². The van der Waals surface area contributed by atoms with Crippen molar-refractivity contribution in [2.75, 3.05) is 7.11 Å². The summed E-state index contributed by atoms with van der Waals surface area (Å²) in [7, 11) is 1.64. The fraction of sp³-hybridized carbons (Fsp3) is 0.130. The standard InChI is InChI=1S/C23H18N4O2S2/c1-14-24-22(18-12-19(31-23(18)25-14)15-6-4-3-5-7-15)30-13-20-26-27-21(29-20)16-8-10-17(28-2)11-9-16/h3-12H,13H2,1-2H3. The quantitative estimate of drug-likeness (QED) is 0.233. The van der Waals surface area contributed by atoms with Crippen LogP contribution in [0.1, 0.15) is 11.7 Å². The van der Waals surface area contributed by atoms with Gasteiger partial charge in [-0.05, 0) is 42.8 Å². The molecule has 31 heavy (non-hydrogen) atoms. The van der Waals surface area contributed by atoms with Crippen LogP contribution in [0, 0.1) is 6.92 Å². The third-order valence-electron chi connectivity index (χ3n) is 4.66. The van der Waals surface area contributed by atoms with E-state index in [1.54, 1.807) is 30.2 Å². The molecular weight excluding hydrogens is 428 g/mol. The van der Waals surface area contributed by atoms with Crippen LogP contribution in [0.5, 0.6) is 5.75 Å². The number of hydrogen-bond donors (Lipinski definition) is 0. The number of nitrogens with zero attached hydrogens (tertiary/aromatic N) is 4. The molecule has 0 saturated carbocycles. The Balaban J connectivity index is 1.38. The molecule has 0 radical (unpaired) electrons. The first kappa shape index (κ1) is 19.7. The zero-order chi connectivity index (χ0) is 21.2. The molecule has 3 aromatic heterocycles. The first-order chi connectivity index (χ1) is 15.2. The molecule has 0 unspecified atom stereocenters. The van der Waals surface area contributed by atoms with E-state index in [0.717, 1.165) is 32.4 Å². The van der Waals surface area contributed by atoms with E-state index in [-0.39, 0.29) is 0 Å². The number of thioether (sulfide) groups is 1. The number of fused-ring (bicyclic) bond motifs is 1. The highest BCUT2D eigenvalue weighted by Crippen LogP contribution is 2.37. The number of hydrogen-bond acceptors (Lipinski definition) is 8. The van der Waals surface area contributed by atoms with Gasteiger partial charge in [-0.3, -0.25) is 0 Å². The lowest BCUT2D eigenvalue weighted by atomic mass is 10.2. The maximum Gasteiger partial charge on any atom is 0.247 e. The third kappa shape index (κ3) is 4.17. The van der Waals surface area contributed by atoms with Crippen LogP contribution in [0.3, 0.4) is 0 Å². The molecule has 0 aliphatic carbocycles. The average Bonchev–Trinajstić information content (AvgIpc) is 3.45. The highest BCUT2D eigenvalue weighted by atomic mass is 32.2. The van der Waals surface area contributed by atoms with Crippen molar-refractivity contribution >= 4 is 33.3 Å². The molecule has 6 nitrogen and oxygen atoms in total. The van der Waals surface area contributed by atoms with E-state index in [9.17, 15) is 0 Å². The van der Waals surface area contributed by atoms with Crippen molar-refractivity contribution in [3.05, 3.63) is 72.4 Å². The van der Waals surface area contributed by atoms with Gasteiger partial charge in [0.2, 0.25) is 11.8 Å². The molecule has 0 fully saturated rings. The molecule has 0 saturated heterocycles. The van der Waals surface area contributed by atoms with Crippen molar-refractivity contribution in [3.63, 3.8) is 0 Å². The molecule has 154 valence electrons. The Bertz CT molecular complexity index is 1330. The molecule has 0 bridgehead atoms. The van der Waals surface area contributed by atoms with Crippen molar-refractivity contribution in [1.82, 2.24) is 20.2 Å². The Labute approximate surface area is 187 Å². The molecule has 0 atom stereocenters. The van der Waals surface area contributed by atoms with Crippen molar-refractivity contribution < 1.29 is 9.15 Å². The Hall–Kier alpha value is -3.23. The van der Waals surface area contributed by atoms with E-state index >= 15 is 0 Å². The van der Waals surface area contributed by atoms with Gasteiger partial charge < -0.3 is 9.15 Å². The van der Waals surface area contributed by atoms with Crippen LogP contribution < -0.4 is 4.74 Å². The van der Waals surface area contributed by atoms with Crippen LogP contribution in [0.15, 0.2) is 70.1 Å². The first-order valence-corrected chi connectivity index (χ1v) is 11.4. The fourth-order valence-electron chi connectivity index (χ4n) is 3.14. The number of ether oxygens (including phenoxy) is 1. The van der Waals surface area contributed by atoms with Gasteiger partial charge in [0.1, 0.15) is 21.4 Å². The Kier molecular flexibility index (Phi) is 5.40. The minimum absolute atomic E-state index is 0.490. The molecule has 8 heteroatoms. The first-order valence-electron chi connectivity index (χ1n) is 9.63. The summed E-state index contributed by atoms with van der Waals surface area (Å²) in [5.41, 5.74) is 2.04. The number of aryl methyl sites for hydroxylation is 1. The highest BCUT2D eigenvalue weighted by molar-refractivity contribution is 7.98. The number of benzene rings is 2. The Morgan fingerprint density at radius 3 is 2.55 bits per heavy atom. The number of rotatable bonds is 6. The monoisotopic (exact) mass is 446 g/mol. The summed E-state index contributed by atoms with van der Waals surface area (Å²) >= 11 is 3.26. The lowest BCUT2D eigenvalue weighted by Crippen LogP contribution is -1.91. The minimum atomic E-state index is 0.490. The Morgan fingerprint density at radius 1 is 0.968 bits per heavy atom. The third-order valence-corrected chi connectivity index (χ3v) is 6.72. The largest absolute Gasteiger partial charge is 0.497 e. The lowest BCUT2D eigenvalue weighted by Gasteiger charge is -2.01. The normalized spacial score (nSPS) is 11.2. The molecular formula is C23H18N4O2S2. The topological polar surface area (TPSA) is 73.9 Å². The summed E-state index contributed by atoms with van der Waals surface area (Å²) < 4.78 is 11.0. The minimum Gasteiger partial charge on any atom is -0.497 e. The van der Waals surface area contributed by atoms with E-state index in [4.69, 9.17) is 9.15 Å². The van der Waals surface area contributed by atoms with Gasteiger partial charge in [-0.1, -0.05) is 42.1 Å². The molecule has 0 N–H and O–H groups in total. The van der Waals surface area contributed by atoms with Gasteiger partial charge in [-0.15, -0.1) is 21.5 Å². The lowest BCUT2D eigenvalue weighted by molar-refractivity contribution is 0.415. The SMILES string of the molecule is COc1ccc(-c2nnc(CSc3nc(C)nc4sc(-c5ccccc5)cc34)o2)cc1. The van der Waals surface area contributed by atoms with E-state index in [0.29, 0.717) is 17.5 Å². The van der Waals surface area contributed by atoms with Crippen LogP contribution in [-0.2, 0) is 5.75 Å². The van der Waals surface area contributed by atoms with Crippen LogP contribution >= 0.6 is 23.1 Å². The van der Waals surface area contributed by atoms with Crippen LogP contribution in [0.4, 0.5) is 0 Å². The van der Waals surface area contributed by atoms with Crippen molar-refractivity contribution in [2.45, 2.75) is 17.7 Å². The van der Waals surface area contributed by atoms with Crippen molar-refractivity contribution in [3.8, 4) is 27.6 Å². The summed E-state index contributed by atoms with van der Waals surface area (Å²) in [6.07, 6.45) is 0. The van der Waals surface area contributed by atoms with Gasteiger partial charge >= 0.3 is 0 Å². The smallest absolute Gasteiger partial charge is 0.247 e. The maximum absolute atomic E-state index is 5.86. The van der Waals surface area contributed by atoms with Crippen LogP contribution in [-0.4, -0.2) is 27.3 Å². The van der Waals surface area contributed by atoms with Crippen molar-refractivity contribution in [2.24, 2.45) is 0 Å². The molecule has 5 aromatic rings. The number of methoxy groups -OCH3 is 1. The zero-order valence-electron chi connectivity index (χ0n) is 16.9. The van der Waals surface area contributed by atoms with Gasteiger partial charge in [0.05, 0.1) is 12.9 Å². The molecule has 0 spiro atoms. The molecule has 2 aromatic carbocycles. The summed E-state index contributed by atoms with van der Waals surface area (Å²) in [6, 6.07) is 20.0. The second-order valence-electron chi connectivity index (χ2n) is 6.79. The van der Waals surface area contributed by atoms with Gasteiger partial charge in [-0.2, -0.15) is 0 Å². The average molecular weight is 447 g/mol. The van der Waals surface area contributed by atoms with E-state index in [1.807, 2.05) is 49.4 Å². The summed E-state index contributed by atoms with van der Waals surface area (Å²) in [4.78, 5) is 11.5. The van der Waals surface area contributed by atoms with Crippen molar-refractivity contribution in [1.29, 1.82) is 0 Å². The summed E-state index contributed by atoms with van der Waals surface area (Å²) in [6.45, 7) is 1.92. The highest BCUT2D eigenvalue weighted by Gasteiger charge is 2.14. The second-order valence-corrected chi connectivity index (χ2v) is 8.78. The molecule has 0 aliphatic rings. The predicted octanol–water partition coefficient (Wildman–Crippen LogP) is 6.02. The zero-order valence-corrected chi connectivity index (χ0v) is 18.5. The van der Waals surface area contributed by atoms with Crippen LogP contribution in [0.2, 0.25) is 0 Å². The van der Waals surface area contributed by atoms with Gasteiger partial charge in [0.25, 0.3) is 0 Å². The molecule has 0 amide bonds. The molecule has 0 aliphatic heterocycles. The summed E-state index contributed by atoms with van der Waals surface area (Å²) in [5, 5.41) is 10.3. The van der Waals surface area contributed by atoms with E-state index in [1.165, 1.54) is 10.4 Å². The van der Waals surface area contributed by atoms with Gasteiger partial charge in [0, 0.05) is 15.8 Å². The fourth-order valence-corrected chi connectivity index (χ4v) is 5.18. The van der Waals surface area contributed by atoms with Gasteiger partial charge in [-0.25, -0.2) is 9.97 Å². The van der Waals surface area contributed by atoms with E-state index in [2.05, 4.69) is 38.4 Å². The number of aromatic nitrogens is 4. The second kappa shape index (κ2) is 8.49. The summed E-state index contributed by atoms with van der Waals surface area (Å²) in [5.74, 6) is 3.11. The number of thiophene rings is 1. The van der Waals surface area contributed by atoms with E-state index < -0.39 is 0 Å². The molecule has 5 rings (SSSR count).